The molecule has 0 aromatic heterocycles. The highest BCUT2D eigenvalue weighted by molar-refractivity contribution is 5.35. The van der Waals surface area contributed by atoms with Crippen LogP contribution in [0.1, 0.15) is 51.5 Å². The molecule has 0 heterocycles. The van der Waals surface area contributed by atoms with Gasteiger partial charge in [-0.2, -0.15) is 0 Å². The molecule has 0 radical (unpaired) electrons. The Balaban J connectivity index is 2.52. The van der Waals surface area contributed by atoms with E-state index in [-0.39, 0.29) is 0 Å². The molecule has 1 N–H and O–H groups in total. The Bertz CT molecular complexity index is 325. The van der Waals surface area contributed by atoms with Gasteiger partial charge >= 0.3 is 0 Å². The van der Waals surface area contributed by atoms with Crippen LogP contribution in [-0.2, 0) is 0 Å². The maximum Gasteiger partial charge on any atom is 0.122 e. The molecule has 1 atom stereocenters. The summed E-state index contributed by atoms with van der Waals surface area (Å²) in [7, 11) is 0. The Hall–Kier alpha value is -1.02. The molecule has 1 rings (SSSR count). The van der Waals surface area contributed by atoms with Crippen LogP contribution in [0, 0.1) is 0 Å². The summed E-state index contributed by atoms with van der Waals surface area (Å²) in [5, 5.41) is 3.46. The minimum atomic E-state index is 0.544. The minimum absolute atomic E-state index is 0.544. The standard InChI is InChI=1S/C16H27NO/c1-4-11-17-12-10-14(3)15-8-6-7-9-16(15)18-13-5-2/h6-9,14,17H,4-5,10-13H2,1-3H3. The number of ether oxygens (including phenoxy) is 1. The topological polar surface area (TPSA) is 21.3 Å². The van der Waals surface area contributed by atoms with Gasteiger partial charge in [-0.25, -0.2) is 0 Å². The zero-order valence-corrected chi connectivity index (χ0v) is 12.0. The molecule has 0 bridgehead atoms. The van der Waals surface area contributed by atoms with E-state index in [1.807, 2.05) is 0 Å². The monoisotopic (exact) mass is 249 g/mol. The molecule has 18 heavy (non-hydrogen) atoms. The van der Waals surface area contributed by atoms with Gasteiger partial charge in [0.1, 0.15) is 5.75 Å². The van der Waals surface area contributed by atoms with Gasteiger partial charge in [0.25, 0.3) is 0 Å². The van der Waals surface area contributed by atoms with Gasteiger partial charge in [-0.05, 0) is 49.9 Å². The zero-order chi connectivity index (χ0) is 13.2. The Labute approximate surface area is 112 Å². The van der Waals surface area contributed by atoms with Crippen LogP contribution in [-0.4, -0.2) is 19.7 Å². The lowest BCUT2D eigenvalue weighted by molar-refractivity contribution is 0.312. The fourth-order valence-electron chi connectivity index (χ4n) is 2.01. The average molecular weight is 249 g/mol. The van der Waals surface area contributed by atoms with E-state index in [1.54, 1.807) is 0 Å². The van der Waals surface area contributed by atoms with Crippen LogP contribution in [0.5, 0.6) is 5.75 Å². The summed E-state index contributed by atoms with van der Waals surface area (Å²) in [4.78, 5) is 0. The van der Waals surface area contributed by atoms with E-state index in [0.29, 0.717) is 5.92 Å². The summed E-state index contributed by atoms with van der Waals surface area (Å²) in [6.45, 7) is 9.61. The lowest BCUT2D eigenvalue weighted by Crippen LogP contribution is -2.17. The van der Waals surface area contributed by atoms with Crippen LogP contribution in [0.15, 0.2) is 24.3 Å². The van der Waals surface area contributed by atoms with Gasteiger partial charge < -0.3 is 10.1 Å². The van der Waals surface area contributed by atoms with Crippen LogP contribution in [0.3, 0.4) is 0 Å². The molecule has 0 amide bonds. The third kappa shape index (κ3) is 5.09. The molecule has 0 spiro atoms. The van der Waals surface area contributed by atoms with Gasteiger partial charge in [0.05, 0.1) is 6.61 Å². The SMILES string of the molecule is CCCNCCC(C)c1ccccc1OCCC. The molecule has 0 aliphatic rings. The Morgan fingerprint density at radius 2 is 1.89 bits per heavy atom. The van der Waals surface area contributed by atoms with Crippen molar-refractivity contribution < 1.29 is 4.74 Å². The number of benzene rings is 1. The summed E-state index contributed by atoms with van der Waals surface area (Å²) in [6.07, 6.45) is 3.41. The largest absolute Gasteiger partial charge is 0.493 e. The summed E-state index contributed by atoms with van der Waals surface area (Å²) in [5.74, 6) is 1.60. The summed E-state index contributed by atoms with van der Waals surface area (Å²) in [5.41, 5.74) is 1.34. The molecular weight excluding hydrogens is 222 g/mol. The van der Waals surface area contributed by atoms with Crippen molar-refractivity contribution in [2.75, 3.05) is 19.7 Å². The van der Waals surface area contributed by atoms with E-state index >= 15 is 0 Å². The van der Waals surface area contributed by atoms with E-state index in [2.05, 4.69) is 50.4 Å². The Morgan fingerprint density at radius 1 is 1.11 bits per heavy atom. The van der Waals surface area contributed by atoms with E-state index in [0.717, 1.165) is 38.3 Å². The quantitative estimate of drug-likeness (QED) is 0.669. The van der Waals surface area contributed by atoms with Gasteiger partial charge in [0.2, 0.25) is 0 Å². The van der Waals surface area contributed by atoms with E-state index in [4.69, 9.17) is 4.74 Å². The second-order valence-electron chi connectivity index (χ2n) is 4.83. The predicted molar refractivity (Wildman–Crippen MR) is 78.4 cm³/mol. The van der Waals surface area contributed by atoms with E-state index in [9.17, 15) is 0 Å². The third-order valence-corrected chi connectivity index (χ3v) is 3.09. The lowest BCUT2D eigenvalue weighted by atomic mass is 9.97. The number of hydrogen-bond donors (Lipinski definition) is 1. The normalized spacial score (nSPS) is 12.4. The number of hydrogen-bond acceptors (Lipinski definition) is 2. The maximum absolute atomic E-state index is 5.81. The average Bonchev–Trinajstić information content (AvgIpc) is 2.41. The molecule has 0 saturated carbocycles. The first-order valence-electron chi connectivity index (χ1n) is 7.22. The summed E-state index contributed by atoms with van der Waals surface area (Å²) < 4.78 is 5.81. The molecule has 1 unspecified atom stereocenters. The highest BCUT2D eigenvalue weighted by Crippen LogP contribution is 2.28. The van der Waals surface area contributed by atoms with Crippen molar-refractivity contribution in [1.82, 2.24) is 5.32 Å². The molecule has 0 saturated heterocycles. The minimum Gasteiger partial charge on any atom is -0.493 e. The van der Waals surface area contributed by atoms with Gasteiger partial charge in [-0.3, -0.25) is 0 Å². The van der Waals surface area contributed by atoms with Crippen LogP contribution in [0.2, 0.25) is 0 Å². The van der Waals surface area contributed by atoms with Gasteiger partial charge in [-0.1, -0.05) is 39.0 Å². The van der Waals surface area contributed by atoms with Gasteiger partial charge in [0, 0.05) is 0 Å². The summed E-state index contributed by atoms with van der Waals surface area (Å²) in [6, 6.07) is 8.43. The van der Waals surface area contributed by atoms with Crippen LogP contribution in [0.4, 0.5) is 0 Å². The molecule has 1 aromatic carbocycles. The molecule has 1 aromatic rings. The molecular formula is C16H27NO. The number of rotatable bonds is 9. The highest BCUT2D eigenvalue weighted by Gasteiger charge is 2.10. The molecule has 0 aliphatic carbocycles. The number of para-hydroxylation sites is 1. The second-order valence-corrected chi connectivity index (χ2v) is 4.83. The lowest BCUT2D eigenvalue weighted by Gasteiger charge is -2.17. The first-order chi connectivity index (χ1) is 8.79. The highest BCUT2D eigenvalue weighted by atomic mass is 16.5. The third-order valence-electron chi connectivity index (χ3n) is 3.09. The van der Waals surface area contributed by atoms with E-state index < -0.39 is 0 Å². The van der Waals surface area contributed by atoms with Crippen molar-refractivity contribution in [3.63, 3.8) is 0 Å². The fourth-order valence-corrected chi connectivity index (χ4v) is 2.01. The first kappa shape index (κ1) is 15.0. The molecule has 2 heteroatoms. The van der Waals surface area contributed by atoms with E-state index in [1.165, 1.54) is 12.0 Å². The number of nitrogens with one attached hydrogen (secondary N) is 1. The Kier molecular flexibility index (Phi) is 7.51. The fraction of sp³-hybridized carbons (Fsp3) is 0.625. The predicted octanol–water partition coefficient (Wildman–Crippen LogP) is 3.97. The first-order valence-corrected chi connectivity index (χ1v) is 7.22. The van der Waals surface area contributed by atoms with Gasteiger partial charge in [-0.15, -0.1) is 0 Å². The van der Waals surface area contributed by atoms with Crippen LogP contribution in [0.25, 0.3) is 0 Å². The Morgan fingerprint density at radius 3 is 2.61 bits per heavy atom. The molecule has 0 aliphatic heterocycles. The van der Waals surface area contributed by atoms with Crippen molar-refractivity contribution >= 4 is 0 Å². The molecule has 102 valence electrons. The zero-order valence-electron chi connectivity index (χ0n) is 12.0. The van der Waals surface area contributed by atoms with Crippen LogP contribution >= 0.6 is 0 Å². The second kappa shape index (κ2) is 8.98. The molecule has 0 fully saturated rings. The van der Waals surface area contributed by atoms with Gasteiger partial charge in [0.15, 0.2) is 0 Å². The van der Waals surface area contributed by atoms with Crippen molar-refractivity contribution in [2.45, 2.75) is 46.0 Å². The maximum atomic E-state index is 5.81. The molecule has 2 nitrogen and oxygen atoms in total. The van der Waals surface area contributed by atoms with Crippen molar-refractivity contribution in [3.8, 4) is 5.75 Å². The smallest absolute Gasteiger partial charge is 0.122 e. The van der Waals surface area contributed by atoms with Crippen molar-refractivity contribution in [1.29, 1.82) is 0 Å². The van der Waals surface area contributed by atoms with Crippen molar-refractivity contribution in [3.05, 3.63) is 29.8 Å². The summed E-state index contributed by atoms with van der Waals surface area (Å²) >= 11 is 0. The van der Waals surface area contributed by atoms with Crippen LogP contribution < -0.4 is 10.1 Å². The van der Waals surface area contributed by atoms with Crippen molar-refractivity contribution in [2.24, 2.45) is 0 Å².